The summed E-state index contributed by atoms with van der Waals surface area (Å²) in [4.78, 5) is 0. The first-order chi connectivity index (χ1) is 12.1. The second-order valence-electron chi connectivity index (χ2n) is 5.39. The van der Waals surface area contributed by atoms with Crippen LogP contribution >= 0.6 is 11.6 Å². The van der Waals surface area contributed by atoms with Crippen molar-refractivity contribution in [1.82, 2.24) is 20.6 Å². The first-order valence-corrected chi connectivity index (χ1v) is 7.84. The van der Waals surface area contributed by atoms with Crippen LogP contribution in [0.3, 0.4) is 0 Å². The van der Waals surface area contributed by atoms with E-state index in [1.807, 2.05) is 13.0 Å². The SMILES string of the molecule is Cc1oc2cccc(OCc3c(F)cccc3Cl)c2c1-c1nn[nH]n1. The predicted octanol–water partition coefficient (Wildman–Crippen LogP) is 4.29. The monoisotopic (exact) mass is 358 g/mol. The highest BCUT2D eigenvalue weighted by molar-refractivity contribution is 6.31. The molecule has 0 bridgehead atoms. The van der Waals surface area contributed by atoms with Crippen molar-refractivity contribution in [2.24, 2.45) is 0 Å². The van der Waals surface area contributed by atoms with E-state index in [2.05, 4.69) is 20.6 Å². The van der Waals surface area contributed by atoms with Gasteiger partial charge in [0.05, 0.1) is 16.0 Å². The number of aromatic nitrogens is 4. The highest BCUT2D eigenvalue weighted by atomic mass is 35.5. The second kappa shape index (κ2) is 6.18. The third-order valence-corrected chi connectivity index (χ3v) is 4.21. The van der Waals surface area contributed by atoms with Crippen LogP contribution in [0.1, 0.15) is 11.3 Å². The smallest absolute Gasteiger partial charge is 0.208 e. The number of nitrogens with zero attached hydrogens (tertiary/aromatic N) is 3. The summed E-state index contributed by atoms with van der Waals surface area (Å²) in [6, 6.07) is 9.90. The van der Waals surface area contributed by atoms with Crippen LogP contribution in [-0.4, -0.2) is 20.6 Å². The molecule has 1 N–H and O–H groups in total. The molecule has 25 heavy (non-hydrogen) atoms. The van der Waals surface area contributed by atoms with E-state index >= 15 is 0 Å². The van der Waals surface area contributed by atoms with E-state index in [1.165, 1.54) is 6.07 Å². The Kier molecular flexibility index (Phi) is 3.85. The van der Waals surface area contributed by atoms with E-state index < -0.39 is 5.82 Å². The maximum absolute atomic E-state index is 14.0. The molecule has 0 saturated carbocycles. The lowest BCUT2D eigenvalue weighted by Gasteiger charge is -2.10. The van der Waals surface area contributed by atoms with Gasteiger partial charge in [-0.15, -0.1) is 10.2 Å². The Hall–Kier alpha value is -2.93. The minimum Gasteiger partial charge on any atom is -0.488 e. The van der Waals surface area contributed by atoms with Crippen LogP contribution in [0.5, 0.6) is 5.75 Å². The number of aryl methyl sites for hydroxylation is 1. The number of rotatable bonds is 4. The molecule has 0 saturated heterocycles. The van der Waals surface area contributed by atoms with Gasteiger partial charge in [0.25, 0.3) is 0 Å². The molecule has 4 rings (SSSR count). The Balaban J connectivity index is 1.78. The van der Waals surface area contributed by atoms with Gasteiger partial charge in [-0.25, -0.2) is 4.39 Å². The van der Waals surface area contributed by atoms with Gasteiger partial charge in [0.15, 0.2) is 0 Å². The molecule has 0 amide bonds. The minimum atomic E-state index is -0.415. The Bertz CT molecular complexity index is 1030. The van der Waals surface area contributed by atoms with Crippen molar-refractivity contribution in [2.75, 3.05) is 0 Å². The molecule has 0 aliphatic rings. The number of furan rings is 1. The highest BCUT2D eigenvalue weighted by Gasteiger charge is 2.20. The number of halogens is 2. The van der Waals surface area contributed by atoms with Crippen LogP contribution in [0.25, 0.3) is 22.4 Å². The lowest BCUT2D eigenvalue weighted by atomic mass is 10.1. The summed E-state index contributed by atoms with van der Waals surface area (Å²) in [5.41, 5.74) is 1.59. The van der Waals surface area contributed by atoms with Gasteiger partial charge in [-0.3, -0.25) is 0 Å². The molecule has 0 fully saturated rings. The molecule has 126 valence electrons. The number of H-pyrrole nitrogens is 1. The topological polar surface area (TPSA) is 76.8 Å². The van der Waals surface area contributed by atoms with Crippen LogP contribution in [0.4, 0.5) is 4.39 Å². The van der Waals surface area contributed by atoms with Gasteiger partial charge < -0.3 is 9.15 Å². The van der Waals surface area contributed by atoms with Crippen LogP contribution in [0.2, 0.25) is 5.02 Å². The van der Waals surface area contributed by atoms with Crippen molar-refractivity contribution < 1.29 is 13.5 Å². The van der Waals surface area contributed by atoms with E-state index in [9.17, 15) is 4.39 Å². The van der Waals surface area contributed by atoms with Crippen molar-refractivity contribution in [3.05, 3.63) is 58.6 Å². The quantitative estimate of drug-likeness (QED) is 0.588. The van der Waals surface area contributed by atoms with Crippen molar-refractivity contribution in [3.63, 3.8) is 0 Å². The molecular weight excluding hydrogens is 347 g/mol. The fourth-order valence-corrected chi connectivity index (χ4v) is 2.93. The normalized spacial score (nSPS) is 11.2. The van der Waals surface area contributed by atoms with Crippen molar-refractivity contribution >= 4 is 22.6 Å². The van der Waals surface area contributed by atoms with Gasteiger partial charge in [0.2, 0.25) is 5.82 Å². The number of aromatic amines is 1. The lowest BCUT2D eigenvalue weighted by Crippen LogP contribution is -2.00. The highest BCUT2D eigenvalue weighted by Crippen LogP contribution is 2.38. The van der Waals surface area contributed by atoms with Gasteiger partial charge >= 0.3 is 0 Å². The minimum absolute atomic E-state index is 0.0134. The average Bonchev–Trinajstić information content (AvgIpc) is 3.21. The predicted molar refractivity (Wildman–Crippen MR) is 89.9 cm³/mol. The van der Waals surface area contributed by atoms with Crippen LogP contribution in [0, 0.1) is 12.7 Å². The third-order valence-electron chi connectivity index (χ3n) is 3.86. The molecule has 0 radical (unpaired) electrons. The van der Waals surface area contributed by atoms with E-state index in [4.69, 9.17) is 20.8 Å². The van der Waals surface area contributed by atoms with E-state index in [0.29, 0.717) is 44.5 Å². The van der Waals surface area contributed by atoms with Crippen LogP contribution in [-0.2, 0) is 6.61 Å². The Morgan fingerprint density at radius 2 is 2.08 bits per heavy atom. The molecular formula is C17H12ClFN4O2. The number of nitrogens with one attached hydrogen (secondary N) is 1. The number of hydrogen-bond donors (Lipinski definition) is 1. The Morgan fingerprint density at radius 3 is 2.84 bits per heavy atom. The molecule has 0 unspecified atom stereocenters. The largest absolute Gasteiger partial charge is 0.488 e. The Labute approximate surface area is 146 Å². The number of hydrogen-bond acceptors (Lipinski definition) is 5. The first kappa shape index (κ1) is 15.6. The summed E-state index contributed by atoms with van der Waals surface area (Å²) < 4.78 is 25.6. The molecule has 0 aliphatic heterocycles. The van der Waals surface area contributed by atoms with Crippen molar-refractivity contribution in [3.8, 4) is 17.1 Å². The van der Waals surface area contributed by atoms with E-state index in [-0.39, 0.29) is 6.61 Å². The Morgan fingerprint density at radius 1 is 1.24 bits per heavy atom. The third kappa shape index (κ3) is 2.72. The molecule has 2 heterocycles. The van der Waals surface area contributed by atoms with E-state index in [1.54, 1.807) is 24.3 Å². The standard InChI is InChI=1S/C17H12ClFN4O2/c1-9-15(17-20-22-23-21-17)16-13(6-3-7-14(16)25-9)24-8-10-11(18)4-2-5-12(10)19/h2-7H,8H2,1H3,(H,20,21,22,23). The summed E-state index contributed by atoms with van der Waals surface area (Å²) in [5.74, 6) is 1.14. The zero-order chi connectivity index (χ0) is 17.4. The lowest BCUT2D eigenvalue weighted by molar-refractivity contribution is 0.303. The van der Waals surface area contributed by atoms with Gasteiger partial charge in [0, 0.05) is 5.56 Å². The molecule has 4 aromatic rings. The first-order valence-electron chi connectivity index (χ1n) is 7.47. The van der Waals surface area contributed by atoms with Gasteiger partial charge in [-0.1, -0.05) is 23.7 Å². The van der Waals surface area contributed by atoms with Gasteiger partial charge in [-0.2, -0.15) is 5.21 Å². The van der Waals surface area contributed by atoms with Crippen molar-refractivity contribution in [1.29, 1.82) is 0 Å². The second-order valence-corrected chi connectivity index (χ2v) is 5.79. The molecule has 2 aromatic heterocycles. The average molecular weight is 359 g/mol. The number of benzene rings is 2. The molecule has 0 aliphatic carbocycles. The summed E-state index contributed by atoms with van der Waals surface area (Å²) in [5, 5.41) is 15.1. The summed E-state index contributed by atoms with van der Waals surface area (Å²) in [6.45, 7) is 1.80. The fourth-order valence-electron chi connectivity index (χ4n) is 2.71. The van der Waals surface area contributed by atoms with E-state index in [0.717, 1.165) is 0 Å². The molecule has 6 nitrogen and oxygen atoms in total. The molecule has 0 atom stereocenters. The zero-order valence-corrected chi connectivity index (χ0v) is 13.8. The van der Waals surface area contributed by atoms with Gasteiger partial charge in [0.1, 0.15) is 29.5 Å². The maximum Gasteiger partial charge on any atom is 0.208 e. The maximum atomic E-state index is 14.0. The molecule has 8 heteroatoms. The van der Waals surface area contributed by atoms with Crippen molar-refractivity contribution in [2.45, 2.75) is 13.5 Å². The zero-order valence-electron chi connectivity index (χ0n) is 13.1. The number of tetrazole rings is 1. The summed E-state index contributed by atoms with van der Waals surface area (Å²) >= 11 is 6.06. The van der Waals surface area contributed by atoms with Crippen LogP contribution in [0.15, 0.2) is 40.8 Å². The van der Waals surface area contributed by atoms with Gasteiger partial charge in [-0.05, 0) is 36.4 Å². The number of fused-ring (bicyclic) bond motifs is 1. The summed E-state index contributed by atoms with van der Waals surface area (Å²) in [7, 11) is 0. The fraction of sp³-hybridized carbons (Fsp3) is 0.118. The molecule has 0 spiro atoms. The van der Waals surface area contributed by atoms with Crippen LogP contribution < -0.4 is 4.74 Å². The summed E-state index contributed by atoms with van der Waals surface area (Å²) in [6.07, 6.45) is 0. The molecule has 2 aromatic carbocycles. The number of ether oxygens (including phenoxy) is 1.